The minimum atomic E-state index is -0.618. The number of aliphatic hydroxyl groups is 1. The molecule has 1 unspecified atom stereocenters. The van der Waals surface area contributed by atoms with Crippen molar-refractivity contribution in [3.8, 4) is 5.75 Å². The molecule has 0 spiro atoms. The van der Waals surface area contributed by atoms with E-state index in [4.69, 9.17) is 4.74 Å². The molecule has 0 bridgehead atoms. The van der Waals surface area contributed by atoms with Crippen LogP contribution < -0.4 is 10.1 Å². The maximum atomic E-state index is 10.1. The van der Waals surface area contributed by atoms with Crippen molar-refractivity contribution in [2.24, 2.45) is 0 Å². The molecule has 2 aromatic carbocycles. The van der Waals surface area contributed by atoms with Gasteiger partial charge in [0.1, 0.15) is 18.5 Å². The molecule has 0 aliphatic heterocycles. The van der Waals surface area contributed by atoms with Crippen LogP contribution in [0.1, 0.15) is 24.2 Å². The molecule has 0 aliphatic carbocycles. The van der Waals surface area contributed by atoms with Gasteiger partial charge in [-0.25, -0.2) is 0 Å². The fraction of sp³-hybridized carbons (Fsp3) is 0.294. The van der Waals surface area contributed by atoms with E-state index in [9.17, 15) is 5.11 Å². The average Bonchev–Trinajstić information content (AvgIpc) is 2.53. The van der Waals surface area contributed by atoms with Crippen LogP contribution in [0.4, 0.5) is 0 Å². The summed E-state index contributed by atoms with van der Waals surface area (Å²) in [5.41, 5.74) is 2.01. The summed E-state index contributed by atoms with van der Waals surface area (Å²) in [4.78, 5) is 0. The van der Waals surface area contributed by atoms with Gasteiger partial charge in [0.15, 0.2) is 0 Å². The summed E-state index contributed by atoms with van der Waals surface area (Å²) in [6.07, 6.45) is -0.618. The zero-order chi connectivity index (χ0) is 15.1. The molecule has 0 amide bonds. The maximum absolute atomic E-state index is 10.1. The summed E-state index contributed by atoms with van der Waals surface area (Å²) < 4.78 is 6.75. The highest BCUT2D eigenvalue weighted by Gasteiger charge is 2.08. The quantitative estimate of drug-likeness (QED) is 0.801. The summed E-state index contributed by atoms with van der Waals surface area (Å²) in [5.74, 6) is 0.765. The molecule has 0 heterocycles. The van der Waals surface area contributed by atoms with Crippen LogP contribution in [0.3, 0.4) is 0 Å². The van der Waals surface area contributed by atoms with Crippen LogP contribution in [0.25, 0.3) is 0 Å². The van der Waals surface area contributed by atoms with E-state index in [-0.39, 0.29) is 6.61 Å². The summed E-state index contributed by atoms with van der Waals surface area (Å²) in [6.45, 7) is 4.02. The lowest BCUT2D eigenvalue weighted by Crippen LogP contribution is -2.13. The second kappa shape index (κ2) is 8.17. The third kappa shape index (κ3) is 4.84. The monoisotopic (exact) mass is 349 g/mol. The summed E-state index contributed by atoms with van der Waals surface area (Å²) >= 11 is 3.53. The van der Waals surface area contributed by atoms with Crippen molar-refractivity contribution in [3.63, 3.8) is 0 Å². The van der Waals surface area contributed by atoms with Crippen molar-refractivity contribution in [3.05, 3.63) is 64.1 Å². The third-order valence-corrected chi connectivity index (χ3v) is 3.95. The topological polar surface area (TPSA) is 41.5 Å². The third-order valence-electron chi connectivity index (χ3n) is 3.17. The Morgan fingerprint density at radius 3 is 2.67 bits per heavy atom. The van der Waals surface area contributed by atoms with Gasteiger partial charge in [0.05, 0.1) is 0 Å². The van der Waals surface area contributed by atoms with Crippen molar-refractivity contribution < 1.29 is 9.84 Å². The van der Waals surface area contributed by atoms with Crippen LogP contribution in [0.5, 0.6) is 5.75 Å². The largest absolute Gasteiger partial charge is 0.491 e. The number of rotatable bonds is 7. The molecule has 4 heteroatoms. The van der Waals surface area contributed by atoms with Gasteiger partial charge in [-0.3, -0.25) is 0 Å². The Balaban J connectivity index is 1.96. The van der Waals surface area contributed by atoms with Crippen LogP contribution in [0.15, 0.2) is 53.0 Å². The fourth-order valence-electron chi connectivity index (χ4n) is 1.98. The van der Waals surface area contributed by atoms with Crippen molar-refractivity contribution in [1.82, 2.24) is 5.32 Å². The van der Waals surface area contributed by atoms with Crippen molar-refractivity contribution in [2.45, 2.75) is 19.6 Å². The molecular weight excluding hydrogens is 330 g/mol. The second-order valence-electron chi connectivity index (χ2n) is 4.77. The summed E-state index contributed by atoms with van der Waals surface area (Å²) in [7, 11) is 0. The molecule has 3 nitrogen and oxygen atoms in total. The van der Waals surface area contributed by atoms with Crippen molar-refractivity contribution >= 4 is 15.9 Å². The van der Waals surface area contributed by atoms with E-state index < -0.39 is 6.10 Å². The Kier molecular flexibility index (Phi) is 6.23. The van der Waals surface area contributed by atoms with E-state index in [0.717, 1.165) is 34.4 Å². The first-order valence-electron chi connectivity index (χ1n) is 7.05. The molecule has 2 rings (SSSR count). The van der Waals surface area contributed by atoms with Crippen molar-refractivity contribution in [1.29, 1.82) is 0 Å². The summed E-state index contributed by atoms with van der Waals surface area (Å²) in [5, 5.41) is 13.4. The molecule has 21 heavy (non-hydrogen) atoms. The van der Waals surface area contributed by atoms with Crippen LogP contribution in [-0.2, 0) is 6.54 Å². The highest BCUT2D eigenvalue weighted by atomic mass is 79.9. The molecule has 1 atom stereocenters. The van der Waals surface area contributed by atoms with Gasteiger partial charge >= 0.3 is 0 Å². The highest BCUT2D eigenvalue weighted by Crippen LogP contribution is 2.23. The van der Waals surface area contributed by atoms with Crippen LogP contribution >= 0.6 is 15.9 Å². The molecular formula is C17H20BrNO2. The standard InChI is InChI=1S/C17H20BrNO2/c1-2-19-11-14-10-15(8-9-16(14)18)21-12-17(20)13-6-4-3-5-7-13/h3-10,17,19-20H,2,11-12H2,1H3. The van der Waals surface area contributed by atoms with E-state index in [1.807, 2.05) is 48.5 Å². The van der Waals surface area contributed by atoms with Gasteiger partial charge in [0, 0.05) is 11.0 Å². The van der Waals surface area contributed by atoms with Crippen LogP contribution in [0.2, 0.25) is 0 Å². The predicted octanol–water partition coefficient (Wildman–Crippen LogP) is 3.67. The normalized spacial score (nSPS) is 12.1. The number of ether oxygens (including phenoxy) is 1. The summed E-state index contributed by atoms with van der Waals surface area (Å²) in [6, 6.07) is 15.4. The first-order valence-corrected chi connectivity index (χ1v) is 7.85. The maximum Gasteiger partial charge on any atom is 0.119 e. The molecule has 0 aromatic heterocycles. The minimum Gasteiger partial charge on any atom is -0.491 e. The first-order chi connectivity index (χ1) is 10.2. The molecule has 2 N–H and O–H groups in total. The van der Waals surface area contributed by atoms with Gasteiger partial charge in [0.2, 0.25) is 0 Å². The minimum absolute atomic E-state index is 0.242. The lowest BCUT2D eigenvalue weighted by molar-refractivity contribution is 0.108. The Hall–Kier alpha value is -1.36. The zero-order valence-electron chi connectivity index (χ0n) is 12.1. The van der Waals surface area contributed by atoms with E-state index >= 15 is 0 Å². The average molecular weight is 350 g/mol. The Bertz CT molecular complexity index is 560. The van der Waals surface area contributed by atoms with E-state index in [0.29, 0.717) is 0 Å². The number of hydrogen-bond acceptors (Lipinski definition) is 3. The molecule has 112 valence electrons. The molecule has 0 saturated carbocycles. The number of hydrogen-bond donors (Lipinski definition) is 2. The fourth-order valence-corrected chi connectivity index (χ4v) is 2.37. The lowest BCUT2D eigenvalue weighted by atomic mass is 10.1. The van der Waals surface area contributed by atoms with Gasteiger partial charge in [-0.05, 0) is 35.9 Å². The van der Waals surface area contributed by atoms with Gasteiger partial charge in [-0.15, -0.1) is 0 Å². The van der Waals surface area contributed by atoms with Gasteiger partial charge in [0.25, 0.3) is 0 Å². The first kappa shape index (κ1) is 16.0. The van der Waals surface area contributed by atoms with E-state index in [1.165, 1.54) is 0 Å². The molecule has 0 saturated heterocycles. The lowest BCUT2D eigenvalue weighted by Gasteiger charge is -2.14. The molecule has 0 radical (unpaired) electrons. The van der Waals surface area contributed by atoms with E-state index in [2.05, 4.69) is 28.2 Å². The zero-order valence-corrected chi connectivity index (χ0v) is 13.6. The molecule has 2 aromatic rings. The molecule has 0 fully saturated rings. The molecule has 0 aliphatic rings. The smallest absolute Gasteiger partial charge is 0.119 e. The van der Waals surface area contributed by atoms with Gasteiger partial charge in [-0.2, -0.15) is 0 Å². The number of aliphatic hydroxyl groups excluding tert-OH is 1. The van der Waals surface area contributed by atoms with E-state index in [1.54, 1.807) is 0 Å². The second-order valence-corrected chi connectivity index (χ2v) is 5.63. The number of nitrogens with one attached hydrogen (secondary N) is 1. The predicted molar refractivity (Wildman–Crippen MR) is 88.4 cm³/mol. The van der Waals surface area contributed by atoms with Crippen LogP contribution in [-0.4, -0.2) is 18.3 Å². The number of benzene rings is 2. The highest BCUT2D eigenvalue weighted by molar-refractivity contribution is 9.10. The number of halogens is 1. The van der Waals surface area contributed by atoms with Crippen LogP contribution in [0, 0.1) is 0 Å². The van der Waals surface area contributed by atoms with Gasteiger partial charge in [-0.1, -0.05) is 53.2 Å². The Morgan fingerprint density at radius 1 is 1.19 bits per heavy atom. The Labute approximate surface area is 134 Å². The SMILES string of the molecule is CCNCc1cc(OCC(O)c2ccccc2)ccc1Br. The van der Waals surface area contributed by atoms with Gasteiger partial charge < -0.3 is 15.2 Å². The Morgan fingerprint density at radius 2 is 1.95 bits per heavy atom. The van der Waals surface area contributed by atoms with Crippen molar-refractivity contribution in [2.75, 3.05) is 13.2 Å².